The molecule has 0 unspecified atom stereocenters. The summed E-state index contributed by atoms with van der Waals surface area (Å²) in [7, 11) is 0. The normalized spacial score (nSPS) is 12.6. The Morgan fingerprint density at radius 2 is 2.00 bits per heavy atom. The molecule has 0 aliphatic carbocycles. The van der Waals surface area contributed by atoms with Crippen molar-refractivity contribution < 1.29 is 4.79 Å². The van der Waals surface area contributed by atoms with Gasteiger partial charge in [0.1, 0.15) is 0 Å². The molecule has 0 saturated carbocycles. The summed E-state index contributed by atoms with van der Waals surface area (Å²) in [5, 5.41) is -0.434. The Balaban J connectivity index is 3.86. The number of allylic oxidation sites excluding steroid dienone is 4. The fourth-order valence-electron chi connectivity index (χ4n) is 0.293. The fraction of sp³-hybridized carbons (Fsp3) is 0.286. The van der Waals surface area contributed by atoms with Gasteiger partial charge < -0.3 is 0 Å². The van der Waals surface area contributed by atoms with E-state index in [4.69, 9.17) is 11.6 Å². The van der Waals surface area contributed by atoms with Crippen LogP contribution in [0, 0.1) is 0 Å². The van der Waals surface area contributed by atoms with Gasteiger partial charge in [-0.2, -0.15) is 0 Å². The van der Waals surface area contributed by atoms with E-state index < -0.39 is 5.24 Å². The average molecular weight is 145 g/mol. The first-order valence-corrected chi connectivity index (χ1v) is 3.05. The van der Waals surface area contributed by atoms with Crippen molar-refractivity contribution in [1.82, 2.24) is 0 Å². The lowest BCUT2D eigenvalue weighted by Gasteiger charge is -1.83. The van der Waals surface area contributed by atoms with Crippen molar-refractivity contribution in [3.05, 3.63) is 23.8 Å². The van der Waals surface area contributed by atoms with Crippen LogP contribution in [0.4, 0.5) is 0 Å². The lowest BCUT2D eigenvalue weighted by molar-refractivity contribution is -0.107. The number of carbonyl (C=O) groups is 1. The van der Waals surface area contributed by atoms with Gasteiger partial charge in [-0.3, -0.25) is 4.79 Å². The zero-order valence-electron chi connectivity index (χ0n) is 5.52. The third-order valence-corrected chi connectivity index (χ3v) is 1.06. The van der Waals surface area contributed by atoms with Crippen LogP contribution in [0.3, 0.4) is 0 Å². The number of hydrogen-bond donors (Lipinski definition) is 0. The number of rotatable bonds is 2. The molecule has 0 rings (SSSR count). The molecule has 0 bridgehead atoms. The highest BCUT2D eigenvalue weighted by Crippen LogP contribution is 1.94. The Morgan fingerprint density at radius 1 is 1.44 bits per heavy atom. The quantitative estimate of drug-likeness (QED) is 0.330. The maximum Gasteiger partial charge on any atom is 0.245 e. The van der Waals surface area contributed by atoms with Crippen LogP contribution in [0.1, 0.15) is 13.8 Å². The highest BCUT2D eigenvalue weighted by Gasteiger charge is 1.83. The summed E-state index contributed by atoms with van der Waals surface area (Å²) in [6.45, 7) is 3.80. The van der Waals surface area contributed by atoms with Crippen LogP contribution in [-0.2, 0) is 4.79 Å². The zero-order chi connectivity index (χ0) is 7.28. The maximum absolute atomic E-state index is 10.1. The smallest absolute Gasteiger partial charge is 0.245 e. The van der Waals surface area contributed by atoms with Gasteiger partial charge in [-0.05, 0) is 31.5 Å². The Kier molecular flexibility index (Phi) is 4.06. The first-order valence-electron chi connectivity index (χ1n) is 2.67. The Hall–Kier alpha value is -0.560. The van der Waals surface area contributed by atoms with Gasteiger partial charge in [-0.25, -0.2) is 0 Å². The van der Waals surface area contributed by atoms with Gasteiger partial charge in [-0.1, -0.05) is 17.7 Å². The summed E-state index contributed by atoms with van der Waals surface area (Å²) in [6, 6.07) is 0. The van der Waals surface area contributed by atoms with E-state index in [1.54, 1.807) is 6.08 Å². The zero-order valence-corrected chi connectivity index (χ0v) is 6.27. The lowest BCUT2D eigenvalue weighted by atomic mass is 10.3. The Morgan fingerprint density at radius 3 is 2.33 bits per heavy atom. The molecule has 0 atom stereocenters. The number of hydrogen-bond acceptors (Lipinski definition) is 1. The lowest BCUT2D eigenvalue weighted by Crippen LogP contribution is -1.74. The van der Waals surface area contributed by atoms with Crippen molar-refractivity contribution >= 4 is 16.8 Å². The van der Waals surface area contributed by atoms with Crippen molar-refractivity contribution in [2.75, 3.05) is 0 Å². The molecule has 0 aromatic heterocycles. The highest BCUT2D eigenvalue weighted by molar-refractivity contribution is 6.66. The molecule has 9 heavy (non-hydrogen) atoms. The highest BCUT2D eigenvalue weighted by atomic mass is 35.5. The van der Waals surface area contributed by atoms with Crippen molar-refractivity contribution in [3.63, 3.8) is 0 Å². The minimum absolute atomic E-state index is 0.434. The molecule has 0 fully saturated rings. The van der Waals surface area contributed by atoms with Gasteiger partial charge >= 0.3 is 0 Å². The average Bonchev–Trinajstić information content (AvgIpc) is 1.83. The van der Waals surface area contributed by atoms with E-state index in [2.05, 4.69) is 0 Å². The number of halogens is 1. The third kappa shape index (κ3) is 5.31. The standard InChI is InChI=1S/C7H9ClO/c1-3-6(2)4-5-7(8)9/h3-5H,1-2H3/b5-4+,6-3+. The molecule has 50 valence electrons. The summed E-state index contributed by atoms with van der Waals surface area (Å²) in [4.78, 5) is 10.1. The second-order valence-corrected chi connectivity index (χ2v) is 2.04. The van der Waals surface area contributed by atoms with Crippen LogP contribution in [-0.4, -0.2) is 5.24 Å². The minimum atomic E-state index is -0.434. The minimum Gasteiger partial charge on any atom is -0.276 e. The molecule has 0 saturated heterocycles. The summed E-state index contributed by atoms with van der Waals surface area (Å²) in [5.74, 6) is 0. The van der Waals surface area contributed by atoms with Crippen molar-refractivity contribution in [3.8, 4) is 0 Å². The molecule has 0 amide bonds. The van der Waals surface area contributed by atoms with E-state index in [0.29, 0.717) is 0 Å². The van der Waals surface area contributed by atoms with Gasteiger partial charge in [-0.15, -0.1) is 0 Å². The molecule has 0 aliphatic heterocycles. The summed E-state index contributed by atoms with van der Waals surface area (Å²) in [5.41, 5.74) is 1.03. The molecule has 2 heteroatoms. The Labute approximate surface area is 60.0 Å². The van der Waals surface area contributed by atoms with Crippen molar-refractivity contribution in [2.24, 2.45) is 0 Å². The topological polar surface area (TPSA) is 17.1 Å². The van der Waals surface area contributed by atoms with E-state index in [9.17, 15) is 4.79 Å². The largest absolute Gasteiger partial charge is 0.276 e. The van der Waals surface area contributed by atoms with Crippen molar-refractivity contribution in [1.29, 1.82) is 0 Å². The number of carbonyl (C=O) groups excluding carboxylic acids is 1. The molecular weight excluding hydrogens is 136 g/mol. The first kappa shape index (κ1) is 8.44. The van der Waals surface area contributed by atoms with E-state index in [-0.39, 0.29) is 0 Å². The molecule has 0 N–H and O–H groups in total. The van der Waals surface area contributed by atoms with Crippen LogP contribution in [0.5, 0.6) is 0 Å². The fourth-order valence-corrected chi connectivity index (χ4v) is 0.356. The predicted molar refractivity (Wildman–Crippen MR) is 39.4 cm³/mol. The molecule has 0 heterocycles. The van der Waals surface area contributed by atoms with E-state index >= 15 is 0 Å². The second-order valence-electron chi connectivity index (χ2n) is 1.67. The van der Waals surface area contributed by atoms with Gasteiger partial charge in [0.25, 0.3) is 0 Å². The van der Waals surface area contributed by atoms with Gasteiger partial charge in [0.2, 0.25) is 5.24 Å². The second kappa shape index (κ2) is 4.33. The van der Waals surface area contributed by atoms with Crippen LogP contribution in [0.15, 0.2) is 23.8 Å². The first-order chi connectivity index (χ1) is 4.16. The molecule has 1 nitrogen and oxygen atoms in total. The molecule has 0 aromatic carbocycles. The van der Waals surface area contributed by atoms with E-state index in [1.165, 1.54) is 6.08 Å². The summed E-state index contributed by atoms with van der Waals surface area (Å²) < 4.78 is 0. The molecule has 0 radical (unpaired) electrons. The third-order valence-electron chi connectivity index (χ3n) is 0.933. The summed E-state index contributed by atoms with van der Waals surface area (Å²) in [6.07, 6.45) is 4.91. The molecular formula is C7H9ClO. The molecule has 0 aromatic rings. The monoisotopic (exact) mass is 144 g/mol. The maximum atomic E-state index is 10.1. The van der Waals surface area contributed by atoms with E-state index in [1.807, 2.05) is 19.9 Å². The van der Waals surface area contributed by atoms with E-state index in [0.717, 1.165) is 5.57 Å². The van der Waals surface area contributed by atoms with Crippen LogP contribution >= 0.6 is 11.6 Å². The molecule has 0 aliphatic rings. The van der Waals surface area contributed by atoms with Crippen LogP contribution in [0.25, 0.3) is 0 Å². The van der Waals surface area contributed by atoms with Gasteiger partial charge in [0, 0.05) is 0 Å². The van der Waals surface area contributed by atoms with Crippen LogP contribution in [0.2, 0.25) is 0 Å². The SMILES string of the molecule is C/C=C(C)/C=C/C(=O)Cl. The Bertz CT molecular complexity index is 156. The van der Waals surface area contributed by atoms with Crippen LogP contribution < -0.4 is 0 Å². The van der Waals surface area contributed by atoms with Gasteiger partial charge in [0.05, 0.1) is 0 Å². The summed E-state index contributed by atoms with van der Waals surface area (Å²) >= 11 is 5.03. The van der Waals surface area contributed by atoms with Gasteiger partial charge in [0.15, 0.2) is 0 Å². The van der Waals surface area contributed by atoms with Crippen molar-refractivity contribution in [2.45, 2.75) is 13.8 Å². The predicted octanol–water partition coefficient (Wildman–Crippen LogP) is 2.27. The molecule has 0 spiro atoms.